The van der Waals surface area contributed by atoms with Crippen molar-refractivity contribution in [1.82, 2.24) is 5.32 Å². The van der Waals surface area contributed by atoms with E-state index in [9.17, 15) is 18.0 Å². The van der Waals surface area contributed by atoms with Gasteiger partial charge in [0.15, 0.2) is 0 Å². The van der Waals surface area contributed by atoms with E-state index in [2.05, 4.69) is 10.6 Å². The monoisotopic (exact) mass is 309 g/mol. The molecule has 7 heteroatoms. The summed E-state index contributed by atoms with van der Waals surface area (Å²) in [5.41, 5.74) is 6.10. The predicted molar refractivity (Wildman–Crippen MR) is 79.0 cm³/mol. The normalized spacial score (nSPS) is 11.1. The molecule has 0 atom stereocenters. The average Bonchev–Trinajstić information content (AvgIpc) is 2.47. The summed E-state index contributed by atoms with van der Waals surface area (Å²) in [5, 5.41) is 5.27. The third kappa shape index (κ3) is 3.49. The fourth-order valence-corrected chi connectivity index (χ4v) is 1.92. The highest BCUT2D eigenvalue weighted by atomic mass is 19.4. The van der Waals surface area contributed by atoms with E-state index >= 15 is 0 Å². The Hall–Kier alpha value is -2.70. The third-order valence-corrected chi connectivity index (χ3v) is 2.98. The van der Waals surface area contributed by atoms with E-state index in [0.717, 1.165) is 12.1 Å². The van der Waals surface area contributed by atoms with E-state index in [4.69, 9.17) is 5.73 Å². The number of benzene rings is 2. The van der Waals surface area contributed by atoms with Gasteiger partial charge in [0.1, 0.15) is 0 Å². The number of alkyl halides is 3. The average molecular weight is 309 g/mol. The molecule has 22 heavy (non-hydrogen) atoms. The van der Waals surface area contributed by atoms with Crippen LogP contribution in [0.3, 0.4) is 0 Å². The number of nitrogens with one attached hydrogen (secondary N) is 2. The van der Waals surface area contributed by atoms with Crippen LogP contribution in [0.25, 0.3) is 0 Å². The molecule has 0 saturated carbocycles. The summed E-state index contributed by atoms with van der Waals surface area (Å²) in [4.78, 5) is 11.8. The number of anilines is 3. The second-order valence-electron chi connectivity index (χ2n) is 4.59. The van der Waals surface area contributed by atoms with Crippen LogP contribution in [0.1, 0.15) is 15.9 Å². The number of nitrogen functional groups attached to an aromatic ring is 1. The van der Waals surface area contributed by atoms with Crippen LogP contribution in [0.4, 0.5) is 30.2 Å². The van der Waals surface area contributed by atoms with Gasteiger partial charge in [-0.3, -0.25) is 4.79 Å². The summed E-state index contributed by atoms with van der Waals surface area (Å²) in [5.74, 6) is -0.387. The Morgan fingerprint density at radius 2 is 1.86 bits per heavy atom. The summed E-state index contributed by atoms with van der Waals surface area (Å²) in [6.07, 6.45) is -4.43. The molecule has 0 spiro atoms. The molecule has 0 aliphatic rings. The van der Waals surface area contributed by atoms with E-state index < -0.39 is 11.7 Å². The maximum atomic E-state index is 12.7. The van der Waals surface area contributed by atoms with E-state index in [1.54, 1.807) is 12.1 Å². The van der Waals surface area contributed by atoms with Crippen molar-refractivity contribution in [2.24, 2.45) is 0 Å². The SMILES string of the molecule is CNC(=O)c1cc(N)ccc1Nc1cccc(C(F)(F)F)c1. The van der Waals surface area contributed by atoms with Crippen molar-refractivity contribution in [3.8, 4) is 0 Å². The molecule has 116 valence electrons. The van der Waals surface area contributed by atoms with Crippen molar-refractivity contribution in [2.45, 2.75) is 6.18 Å². The zero-order chi connectivity index (χ0) is 16.3. The lowest BCUT2D eigenvalue weighted by molar-refractivity contribution is -0.137. The topological polar surface area (TPSA) is 67.2 Å². The molecule has 2 aromatic carbocycles. The highest BCUT2D eigenvalue weighted by Gasteiger charge is 2.30. The lowest BCUT2D eigenvalue weighted by Gasteiger charge is -2.14. The highest BCUT2D eigenvalue weighted by molar-refractivity contribution is 6.01. The predicted octanol–water partition coefficient (Wildman–Crippen LogP) is 3.39. The minimum absolute atomic E-state index is 0.227. The molecule has 0 bridgehead atoms. The Morgan fingerprint density at radius 1 is 1.14 bits per heavy atom. The van der Waals surface area contributed by atoms with Crippen molar-refractivity contribution in [3.05, 3.63) is 53.6 Å². The summed E-state index contributed by atoms with van der Waals surface area (Å²) in [6.45, 7) is 0. The molecule has 0 aliphatic heterocycles. The Labute approximate surface area is 125 Å². The fourth-order valence-electron chi connectivity index (χ4n) is 1.92. The molecule has 0 heterocycles. The van der Waals surface area contributed by atoms with Gasteiger partial charge in [-0.15, -0.1) is 0 Å². The highest BCUT2D eigenvalue weighted by Crippen LogP contribution is 2.32. The summed E-state index contributed by atoms with van der Waals surface area (Å²) >= 11 is 0. The molecule has 4 nitrogen and oxygen atoms in total. The number of carbonyl (C=O) groups excluding carboxylic acids is 1. The van der Waals surface area contributed by atoms with Gasteiger partial charge < -0.3 is 16.4 Å². The molecule has 1 amide bonds. The largest absolute Gasteiger partial charge is 0.416 e. The number of rotatable bonds is 3. The van der Waals surface area contributed by atoms with Gasteiger partial charge in [-0.2, -0.15) is 13.2 Å². The molecule has 0 aromatic heterocycles. The first-order chi connectivity index (χ1) is 10.3. The smallest absolute Gasteiger partial charge is 0.399 e. The number of halogens is 3. The molecular formula is C15H14F3N3O. The zero-order valence-electron chi connectivity index (χ0n) is 11.7. The van der Waals surface area contributed by atoms with Crippen LogP contribution in [0.2, 0.25) is 0 Å². The molecule has 0 fully saturated rings. The maximum absolute atomic E-state index is 12.7. The van der Waals surface area contributed by atoms with Crippen molar-refractivity contribution in [2.75, 3.05) is 18.1 Å². The quantitative estimate of drug-likeness (QED) is 0.761. The molecule has 0 saturated heterocycles. The number of hydrogen-bond donors (Lipinski definition) is 3. The molecule has 0 unspecified atom stereocenters. The number of hydrogen-bond acceptors (Lipinski definition) is 3. The molecule has 2 aromatic rings. The second kappa shape index (κ2) is 5.97. The first-order valence-electron chi connectivity index (χ1n) is 6.37. The zero-order valence-corrected chi connectivity index (χ0v) is 11.7. The number of carbonyl (C=O) groups is 1. The van der Waals surface area contributed by atoms with Gasteiger partial charge >= 0.3 is 6.18 Å². The first kappa shape index (κ1) is 15.7. The van der Waals surface area contributed by atoms with Crippen LogP contribution < -0.4 is 16.4 Å². The Kier molecular flexibility index (Phi) is 4.25. The number of amides is 1. The van der Waals surface area contributed by atoms with Crippen molar-refractivity contribution in [1.29, 1.82) is 0 Å². The van der Waals surface area contributed by atoms with Crippen LogP contribution in [0.5, 0.6) is 0 Å². The van der Waals surface area contributed by atoms with Crippen LogP contribution in [0, 0.1) is 0 Å². The lowest BCUT2D eigenvalue weighted by Crippen LogP contribution is -2.19. The second-order valence-corrected chi connectivity index (χ2v) is 4.59. The molecule has 0 aliphatic carbocycles. The molecule has 4 N–H and O–H groups in total. The van der Waals surface area contributed by atoms with Crippen LogP contribution in [-0.2, 0) is 6.18 Å². The van der Waals surface area contributed by atoms with Gasteiger partial charge in [0.2, 0.25) is 0 Å². The van der Waals surface area contributed by atoms with Gasteiger partial charge in [-0.1, -0.05) is 6.07 Å². The summed E-state index contributed by atoms with van der Waals surface area (Å²) in [6, 6.07) is 9.29. The molecule has 0 radical (unpaired) electrons. The fraction of sp³-hybridized carbons (Fsp3) is 0.133. The van der Waals surface area contributed by atoms with E-state index in [-0.39, 0.29) is 17.2 Å². The third-order valence-electron chi connectivity index (χ3n) is 2.98. The van der Waals surface area contributed by atoms with Gasteiger partial charge in [-0.25, -0.2) is 0 Å². The lowest BCUT2D eigenvalue weighted by atomic mass is 10.1. The van der Waals surface area contributed by atoms with Crippen LogP contribution >= 0.6 is 0 Å². The molecular weight excluding hydrogens is 295 g/mol. The van der Waals surface area contributed by atoms with Gasteiger partial charge in [0.25, 0.3) is 5.91 Å². The summed E-state index contributed by atoms with van der Waals surface area (Å²) < 4.78 is 38.1. The minimum atomic E-state index is -4.43. The minimum Gasteiger partial charge on any atom is -0.399 e. The van der Waals surface area contributed by atoms with Crippen molar-refractivity contribution in [3.63, 3.8) is 0 Å². The summed E-state index contributed by atoms with van der Waals surface area (Å²) in [7, 11) is 1.46. The first-order valence-corrected chi connectivity index (χ1v) is 6.37. The Balaban J connectivity index is 2.37. The molecule has 2 rings (SSSR count). The Morgan fingerprint density at radius 3 is 2.50 bits per heavy atom. The van der Waals surface area contributed by atoms with Crippen molar-refractivity contribution < 1.29 is 18.0 Å². The van der Waals surface area contributed by atoms with Crippen LogP contribution in [-0.4, -0.2) is 13.0 Å². The van der Waals surface area contributed by atoms with Gasteiger partial charge in [0.05, 0.1) is 16.8 Å². The van der Waals surface area contributed by atoms with Crippen LogP contribution in [0.15, 0.2) is 42.5 Å². The van der Waals surface area contributed by atoms with Crippen molar-refractivity contribution >= 4 is 23.0 Å². The Bertz CT molecular complexity index is 699. The standard InChI is InChI=1S/C15H14F3N3O/c1-20-14(22)12-8-10(19)5-6-13(12)21-11-4-2-3-9(7-11)15(16,17)18/h2-8,21H,19H2,1H3,(H,20,22). The van der Waals surface area contributed by atoms with E-state index in [1.807, 2.05) is 0 Å². The van der Waals surface area contributed by atoms with Gasteiger partial charge in [-0.05, 0) is 36.4 Å². The van der Waals surface area contributed by atoms with E-state index in [0.29, 0.717) is 11.4 Å². The van der Waals surface area contributed by atoms with Gasteiger partial charge in [0, 0.05) is 18.4 Å². The van der Waals surface area contributed by atoms with E-state index in [1.165, 1.54) is 25.2 Å². The number of nitrogens with two attached hydrogens (primary N) is 1. The maximum Gasteiger partial charge on any atom is 0.416 e.